The van der Waals surface area contributed by atoms with Crippen molar-refractivity contribution in [2.75, 3.05) is 0 Å². The van der Waals surface area contributed by atoms with Crippen LogP contribution in [0.1, 0.15) is 39.5 Å². The zero-order chi connectivity index (χ0) is 10.3. The summed E-state index contributed by atoms with van der Waals surface area (Å²) in [6.07, 6.45) is 3.76. The van der Waals surface area contributed by atoms with Crippen molar-refractivity contribution in [2.24, 2.45) is 5.92 Å². The lowest BCUT2D eigenvalue weighted by atomic mass is 9.86. The van der Waals surface area contributed by atoms with Gasteiger partial charge in [-0.1, -0.05) is 26.2 Å². The normalized spacial score (nSPS) is 12.5. The van der Waals surface area contributed by atoms with Crippen molar-refractivity contribution in [3.05, 3.63) is 0 Å². The number of carbonyl (C=O) groups excluding carboxylic acids is 2. The van der Waals surface area contributed by atoms with Crippen molar-refractivity contribution in [2.45, 2.75) is 45.9 Å². The SMILES string of the molecule is [B]CC(=O)C(CCCCC)C(C)=O. The number of rotatable bonds is 7. The average Bonchev–Trinajstić information content (AvgIpc) is 2.11. The van der Waals surface area contributed by atoms with E-state index in [2.05, 4.69) is 6.92 Å². The molecular formula is C10H17BO2. The van der Waals surface area contributed by atoms with Crippen LogP contribution in [0.15, 0.2) is 0 Å². The highest BCUT2D eigenvalue weighted by Gasteiger charge is 2.20. The van der Waals surface area contributed by atoms with E-state index in [0.717, 1.165) is 19.3 Å². The molecule has 1 unspecified atom stereocenters. The van der Waals surface area contributed by atoms with Crippen LogP contribution < -0.4 is 0 Å². The molecule has 0 rings (SSSR count). The molecule has 0 spiro atoms. The summed E-state index contributed by atoms with van der Waals surface area (Å²) >= 11 is 0. The average molecular weight is 180 g/mol. The van der Waals surface area contributed by atoms with Crippen LogP contribution in [-0.4, -0.2) is 19.4 Å². The number of carbonyl (C=O) groups is 2. The van der Waals surface area contributed by atoms with Crippen LogP contribution in [0.2, 0.25) is 6.32 Å². The number of ketones is 2. The Morgan fingerprint density at radius 1 is 1.31 bits per heavy atom. The molecule has 2 radical (unpaired) electrons. The van der Waals surface area contributed by atoms with Crippen molar-refractivity contribution in [1.82, 2.24) is 0 Å². The quantitative estimate of drug-likeness (QED) is 0.340. The topological polar surface area (TPSA) is 34.1 Å². The van der Waals surface area contributed by atoms with Gasteiger partial charge in [-0.2, -0.15) is 0 Å². The fraction of sp³-hybridized carbons (Fsp3) is 0.800. The van der Waals surface area contributed by atoms with Crippen LogP contribution in [0, 0.1) is 5.92 Å². The minimum Gasteiger partial charge on any atom is -0.300 e. The Balaban J connectivity index is 3.95. The monoisotopic (exact) mass is 180 g/mol. The molecule has 0 bridgehead atoms. The van der Waals surface area contributed by atoms with Gasteiger partial charge in [0.05, 0.1) is 13.8 Å². The maximum atomic E-state index is 11.2. The van der Waals surface area contributed by atoms with Gasteiger partial charge in [-0.15, -0.1) is 0 Å². The van der Waals surface area contributed by atoms with Crippen LogP contribution >= 0.6 is 0 Å². The largest absolute Gasteiger partial charge is 0.300 e. The molecule has 72 valence electrons. The third-order valence-electron chi connectivity index (χ3n) is 2.18. The minimum atomic E-state index is -0.448. The maximum Gasteiger partial charge on any atom is 0.140 e. The molecule has 0 heterocycles. The molecule has 0 saturated carbocycles. The molecule has 3 heteroatoms. The van der Waals surface area contributed by atoms with Crippen LogP contribution in [0.25, 0.3) is 0 Å². The van der Waals surface area contributed by atoms with Gasteiger partial charge >= 0.3 is 0 Å². The molecule has 0 aliphatic heterocycles. The molecule has 0 saturated heterocycles. The van der Waals surface area contributed by atoms with Crippen LogP contribution in [0.5, 0.6) is 0 Å². The van der Waals surface area contributed by atoms with Crippen molar-refractivity contribution in [3.8, 4) is 0 Å². The molecule has 1 atom stereocenters. The van der Waals surface area contributed by atoms with E-state index in [0.29, 0.717) is 6.42 Å². The molecule has 0 aliphatic rings. The van der Waals surface area contributed by atoms with Crippen molar-refractivity contribution in [3.63, 3.8) is 0 Å². The first-order valence-electron chi connectivity index (χ1n) is 4.86. The van der Waals surface area contributed by atoms with Crippen molar-refractivity contribution < 1.29 is 9.59 Å². The lowest BCUT2D eigenvalue weighted by Gasteiger charge is -2.10. The summed E-state index contributed by atoms with van der Waals surface area (Å²) < 4.78 is 0. The minimum absolute atomic E-state index is 0.0175. The fourth-order valence-electron chi connectivity index (χ4n) is 1.33. The van der Waals surface area contributed by atoms with E-state index in [4.69, 9.17) is 7.85 Å². The Morgan fingerprint density at radius 2 is 1.92 bits per heavy atom. The number of hydrogen-bond donors (Lipinski definition) is 0. The number of unbranched alkanes of at least 4 members (excludes halogenated alkanes) is 2. The summed E-state index contributed by atoms with van der Waals surface area (Å²) in [5, 5.41) is 0. The second-order valence-electron chi connectivity index (χ2n) is 3.33. The molecule has 13 heavy (non-hydrogen) atoms. The molecular weight excluding hydrogens is 163 g/mol. The Morgan fingerprint density at radius 3 is 2.31 bits per heavy atom. The molecule has 0 fully saturated rings. The van der Waals surface area contributed by atoms with E-state index in [1.165, 1.54) is 6.92 Å². The van der Waals surface area contributed by atoms with E-state index in [9.17, 15) is 9.59 Å². The van der Waals surface area contributed by atoms with Gasteiger partial charge in [0, 0.05) is 0 Å². The Labute approximate surface area is 81.5 Å². The number of hydrogen-bond acceptors (Lipinski definition) is 2. The standard InChI is InChI=1S/C10H17BO2/c1-3-4-5-6-9(8(2)12)10(13)7-11/h9H,3-7H2,1-2H3. The summed E-state index contributed by atoms with van der Waals surface area (Å²) in [7, 11) is 5.21. The highest BCUT2D eigenvalue weighted by atomic mass is 16.1. The first-order chi connectivity index (χ1) is 6.13. The van der Waals surface area contributed by atoms with Gasteiger partial charge in [-0.25, -0.2) is 0 Å². The van der Waals surface area contributed by atoms with E-state index >= 15 is 0 Å². The molecule has 0 amide bonds. The summed E-state index contributed by atoms with van der Waals surface area (Å²) in [6.45, 7) is 3.55. The van der Waals surface area contributed by atoms with E-state index in [1.807, 2.05) is 0 Å². The van der Waals surface area contributed by atoms with Crippen molar-refractivity contribution >= 4 is 19.4 Å². The summed E-state index contributed by atoms with van der Waals surface area (Å²) in [5.74, 6) is -0.619. The Hall–Kier alpha value is -0.595. The molecule has 2 nitrogen and oxygen atoms in total. The summed E-state index contributed by atoms with van der Waals surface area (Å²) in [5.41, 5.74) is 0. The van der Waals surface area contributed by atoms with Crippen LogP contribution in [-0.2, 0) is 9.59 Å². The predicted molar refractivity (Wildman–Crippen MR) is 53.9 cm³/mol. The highest BCUT2D eigenvalue weighted by Crippen LogP contribution is 2.13. The highest BCUT2D eigenvalue weighted by molar-refractivity contribution is 6.23. The molecule has 0 aromatic rings. The van der Waals surface area contributed by atoms with Gasteiger partial charge < -0.3 is 0 Å². The first kappa shape index (κ1) is 12.4. The maximum absolute atomic E-state index is 11.2. The van der Waals surface area contributed by atoms with E-state index < -0.39 is 5.92 Å². The molecule has 0 aliphatic carbocycles. The lowest BCUT2D eigenvalue weighted by molar-refractivity contribution is -0.130. The van der Waals surface area contributed by atoms with Gasteiger partial charge in [0.2, 0.25) is 0 Å². The van der Waals surface area contributed by atoms with E-state index in [1.54, 1.807) is 0 Å². The smallest absolute Gasteiger partial charge is 0.140 e. The molecule has 0 aromatic heterocycles. The van der Waals surface area contributed by atoms with Gasteiger partial charge in [-0.3, -0.25) is 9.59 Å². The Bertz CT molecular complexity index is 178. The molecule has 0 aromatic carbocycles. The van der Waals surface area contributed by atoms with Gasteiger partial charge in [0.1, 0.15) is 11.6 Å². The Kier molecular flexibility index (Phi) is 6.56. The third-order valence-corrected chi connectivity index (χ3v) is 2.18. The fourth-order valence-corrected chi connectivity index (χ4v) is 1.33. The number of Topliss-reactive ketones (excluding diaryl/α,β-unsaturated/α-hetero) is 2. The van der Waals surface area contributed by atoms with Gasteiger partial charge in [-0.05, 0) is 19.7 Å². The molecule has 0 N–H and O–H groups in total. The lowest BCUT2D eigenvalue weighted by Crippen LogP contribution is -2.21. The summed E-state index contributed by atoms with van der Waals surface area (Å²) in [4.78, 5) is 22.3. The second kappa shape index (κ2) is 6.87. The van der Waals surface area contributed by atoms with Gasteiger partial charge in [0.15, 0.2) is 0 Å². The van der Waals surface area contributed by atoms with Crippen LogP contribution in [0.3, 0.4) is 0 Å². The second-order valence-corrected chi connectivity index (χ2v) is 3.33. The predicted octanol–water partition coefficient (Wildman–Crippen LogP) is 1.93. The van der Waals surface area contributed by atoms with E-state index in [-0.39, 0.29) is 17.9 Å². The van der Waals surface area contributed by atoms with Gasteiger partial charge in [0.25, 0.3) is 0 Å². The van der Waals surface area contributed by atoms with Crippen LogP contribution in [0.4, 0.5) is 0 Å². The summed E-state index contributed by atoms with van der Waals surface area (Å²) in [6, 6.07) is 0. The third kappa shape index (κ3) is 4.86. The zero-order valence-corrected chi connectivity index (χ0v) is 8.51. The first-order valence-corrected chi connectivity index (χ1v) is 4.86. The zero-order valence-electron chi connectivity index (χ0n) is 8.51. The van der Waals surface area contributed by atoms with Crippen molar-refractivity contribution in [1.29, 1.82) is 0 Å².